The molecular weight excluding hydrogens is 726 g/mol. The van der Waals surface area contributed by atoms with Gasteiger partial charge in [-0.25, -0.2) is 4.79 Å². The number of carboxylic acid groups (broad SMARTS) is 1. The number of aliphatic hydroxyl groups excluding tert-OH is 1. The lowest BCUT2D eigenvalue weighted by Gasteiger charge is -2.27. The molecule has 0 radical (unpaired) electrons. The quantitative estimate of drug-likeness (QED) is 0.0265. The fourth-order valence-corrected chi connectivity index (χ4v) is 4.87. The number of guanidine groups is 1. The molecule has 0 saturated heterocycles. The van der Waals surface area contributed by atoms with E-state index >= 15 is 0 Å². The number of aliphatic hydroxyl groups is 1. The second-order valence-electron chi connectivity index (χ2n) is 12.6. The number of nitrogens with two attached hydrogens (primary N) is 4. The Morgan fingerprint density at radius 3 is 1.80 bits per heavy atom. The van der Waals surface area contributed by atoms with E-state index in [9.17, 15) is 53.7 Å². The average Bonchev–Trinajstić information content (AvgIpc) is 3.12. The fourth-order valence-electron chi connectivity index (χ4n) is 4.87. The molecule has 0 aliphatic heterocycles. The van der Waals surface area contributed by atoms with Crippen molar-refractivity contribution in [1.29, 1.82) is 0 Å². The molecule has 0 spiro atoms. The van der Waals surface area contributed by atoms with E-state index in [0.29, 0.717) is 12.0 Å². The lowest BCUT2D eigenvalue weighted by atomic mass is 9.98. The molecule has 0 aliphatic carbocycles. The van der Waals surface area contributed by atoms with Gasteiger partial charge in [-0.15, -0.1) is 0 Å². The van der Waals surface area contributed by atoms with Crippen LogP contribution in [0.1, 0.15) is 52.0 Å². The van der Waals surface area contributed by atoms with Crippen LogP contribution in [0.2, 0.25) is 0 Å². The number of nitrogens with one attached hydrogen (secondary N) is 6. The Labute approximate surface area is 317 Å². The maximum absolute atomic E-state index is 13.8. The molecule has 7 amide bonds. The lowest BCUT2D eigenvalue weighted by Crippen LogP contribution is -2.60. The van der Waals surface area contributed by atoms with Crippen molar-refractivity contribution < 1.29 is 53.7 Å². The monoisotopic (exact) mass is 779 g/mol. The molecule has 0 aliphatic rings. The van der Waals surface area contributed by atoms with Gasteiger partial charge in [0.25, 0.3) is 0 Å². The van der Waals surface area contributed by atoms with Crippen LogP contribution in [0.15, 0.2) is 29.3 Å². The van der Waals surface area contributed by atoms with Gasteiger partial charge in [-0.1, -0.05) is 32.4 Å². The molecule has 17 N–H and O–H groups in total. The third kappa shape index (κ3) is 17.1. The summed E-state index contributed by atoms with van der Waals surface area (Å²) in [6, 6.07) is -3.14. The Morgan fingerprint density at radius 2 is 1.27 bits per heavy atom. The van der Waals surface area contributed by atoms with Crippen LogP contribution in [0, 0.1) is 5.92 Å². The van der Waals surface area contributed by atoms with Crippen molar-refractivity contribution in [2.24, 2.45) is 33.8 Å². The summed E-state index contributed by atoms with van der Waals surface area (Å²) in [4.78, 5) is 106. The van der Waals surface area contributed by atoms with E-state index in [1.165, 1.54) is 31.2 Å². The molecule has 0 unspecified atom stereocenters. The Hall–Kier alpha value is -6.03. The van der Waals surface area contributed by atoms with E-state index in [1.807, 2.05) is 0 Å². The van der Waals surface area contributed by atoms with Gasteiger partial charge >= 0.3 is 5.97 Å². The van der Waals surface area contributed by atoms with Crippen LogP contribution in [-0.4, -0.2) is 125 Å². The van der Waals surface area contributed by atoms with Crippen molar-refractivity contribution in [3.63, 3.8) is 0 Å². The second kappa shape index (κ2) is 23.6. The zero-order valence-corrected chi connectivity index (χ0v) is 30.9. The third-order valence-electron chi connectivity index (χ3n) is 8.17. The number of aliphatic carboxylic acids is 1. The predicted molar refractivity (Wildman–Crippen MR) is 196 cm³/mol. The number of hydrogen-bond acceptors (Lipinski definition) is 12. The summed E-state index contributed by atoms with van der Waals surface area (Å²) in [5.41, 5.74) is 21.8. The van der Waals surface area contributed by atoms with E-state index in [1.54, 1.807) is 13.8 Å². The molecular formula is C33H53N11O11. The van der Waals surface area contributed by atoms with Gasteiger partial charge in [0.2, 0.25) is 41.4 Å². The highest BCUT2D eigenvalue weighted by Crippen LogP contribution is 2.14. The number of benzene rings is 1. The minimum atomic E-state index is -1.75. The average molecular weight is 780 g/mol. The summed E-state index contributed by atoms with van der Waals surface area (Å²) in [7, 11) is 0. The number of rotatable bonds is 24. The summed E-state index contributed by atoms with van der Waals surface area (Å²) in [5.74, 6) is -8.81. The number of nitrogens with zero attached hydrogens (tertiary/aromatic N) is 1. The first-order valence-electron chi connectivity index (χ1n) is 17.3. The minimum Gasteiger partial charge on any atom is -0.508 e. The molecule has 0 bridgehead atoms. The molecule has 22 nitrogen and oxygen atoms in total. The topological polar surface area (TPSA) is 386 Å². The van der Waals surface area contributed by atoms with Gasteiger partial charge in [-0.05, 0) is 43.4 Å². The number of aliphatic imine (C=N–C) groups is 1. The van der Waals surface area contributed by atoms with Crippen molar-refractivity contribution in [2.75, 3.05) is 19.7 Å². The first-order valence-corrected chi connectivity index (χ1v) is 17.3. The van der Waals surface area contributed by atoms with Crippen molar-refractivity contribution >= 4 is 53.3 Å². The first kappa shape index (κ1) is 47.0. The second-order valence-corrected chi connectivity index (χ2v) is 12.6. The SMILES string of the molecule is CC[C@H](C)[C@H](NC(=O)[C@H](Cc1ccc(O)cc1)NC(=O)[C@H](CCCN=C(N)N)NC(=O)[C@H](CC(N)=O)NC(=O)[C@H](CO)NC(=O)[C@H](C)NC(=O)CN)C(=O)O. The van der Waals surface area contributed by atoms with Crippen molar-refractivity contribution in [1.82, 2.24) is 31.9 Å². The van der Waals surface area contributed by atoms with Crippen LogP contribution in [-0.2, 0) is 44.8 Å². The van der Waals surface area contributed by atoms with Gasteiger partial charge in [0.1, 0.15) is 42.0 Å². The van der Waals surface area contributed by atoms with Crippen LogP contribution in [0.3, 0.4) is 0 Å². The Kier molecular flexibility index (Phi) is 20.2. The summed E-state index contributed by atoms with van der Waals surface area (Å²) in [6.07, 6.45) is -0.651. The number of carboxylic acids is 1. The van der Waals surface area contributed by atoms with E-state index in [-0.39, 0.29) is 37.5 Å². The largest absolute Gasteiger partial charge is 0.508 e. The molecule has 22 heteroatoms. The zero-order valence-electron chi connectivity index (χ0n) is 30.9. The molecule has 1 aromatic carbocycles. The highest BCUT2D eigenvalue weighted by Gasteiger charge is 2.34. The fraction of sp³-hybridized carbons (Fsp3) is 0.545. The van der Waals surface area contributed by atoms with Crippen molar-refractivity contribution in [2.45, 2.75) is 89.1 Å². The van der Waals surface area contributed by atoms with E-state index in [2.05, 4.69) is 36.9 Å². The minimum absolute atomic E-state index is 0.00189. The molecule has 1 rings (SSSR count). The Morgan fingerprint density at radius 1 is 0.745 bits per heavy atom. The third-order valence-corrected chi connectivity index (χ3v) is 8.17. The van der Waals surface area contributed by atoms with Crippen LogP contribution in [0.25, 0.3) is 0 Å². The Balaban J connectivity index is 3.40. The predicted octanol–water partition coefficient (Wildman–Crippen LogP) is -5.13. The number of hydrogen-bond donors (Lipinski definition) is 13. The summed E-state index contributed by atoms with van der Waals surface area (Å²) >= 11 is 0. The number of amides is 7. The zero-order chi connectivity index (χ0) is 41.8. The molecule has 0 saturated carbocycles. The molecule has 306 valence electrons. The highest BCUT2D eigenvalue weighted by atomic mass is 16.4. The van der Waals surface area contributed by atoms with E-state index in [0.717, 1.165) is 0 Å². The first-order chi connectivity index (χ1) is 25.8. The standard InChI is InChI=1S/C33H53N11O11/c1-4-16(2)26(32(54)55)44-30(52)21(12-18-7-9-19(46)10-8-18)41-28(50)20(6-5-11-38-33(36)37)40-29(51)22(13-24(35)47)42-31(53)23(15-45)43-27(49)17(3)39-25(48)14-34/h7-10,16-17,20-23,26,45-46H,4-6,11-15,34H2,1-3H3,(H2,35,47)(H,39,48)(H,40,51)(H,41,50)(H,42,53)(H,43,49)(H,44,52)(H,54,55)(H4,36,37,38)/t16-,17-,20-,21-,22-,23-,26-/m0/s1. The molecule has 1 aromatic rings. The van der Waals surface area contributed by atoms with Gasteiger partial charge in [-0.3, -0.25) is 38.6 Å². The number of carbonyl (C=O) groups is 8. The number of carbonyl (C=O) groups excluding carboxylic acids is 7. The van der Waals surface area contributed by atoms with Crippen LogP contribution >= 0.6 is 0 Å². The molecule has 7 atom stereocenters. The molecule has 0 fully saturated rings. The number of primary amides is 1. The van der Waals surface area contributed by atoms with Crippen LogP contribution in [0.5, 0.6) is 5.75 Å². The molecule has 0 heterocycles. The smallest absolute Gasteiger partial charge is 0.326 e. The number of phenols is 1. The molecule has 0 aromatic heterocycles. The van der Waals surface area contributed by atoms with Gasteiger partial charge in [0, 0.05) is 13.0 Å². The van der Waals surface area contributed by atoms with E-state index < -0.39 is 109 Å². The van der Waals surface area contributed by atoms with Gasteiger partial charge in [0.15, 0.2) is 5.96 Å². The Bertz CT molecular complexity index is 1540. The van der Waals surface area contributed by atoms with Gasteiger partial charge in [0.05, 0.1) is 19.6 Å². The van der Waals surface area contributed by atoms with Crippen molar-refractivity contribution in [3.8, 4) is 5.75 Å². The summed E-state index contributed by atoms with van der Waals surface area (Å²) in [6.45, 7) is 3.24. The van der Waals surface area contributed by atoms with Gasteiger partial charge < -0.3 is 70.2 Å². The van der Waals surface area contributed by atoms with Crippen molar-refractivity contribution in [3.05, 3.63) is 29.8 Å². The molecule has 55 heavy (non-hydrogen) atoms. The maximum Gasteiger partial charge on any atom is 0.326 e. The summed E-state index contributed by atoms with van der Waals surface area (Å²) in [5, 5.41) is 43.3. The van der Waals surface area contributed by atoms with Crippen LogP contribution < -0.4 is 54.8 Å². The lowest BCUT2D eigenvalue weighted by molar-refractivity contribution is -0.143. The maximum atomic E-state index is 13.8. The van der Waals surface area contributed by atoms with Gasteiger partial charge in [-0.2, -0.15) is 0 Å². The highest BCUT2D eigenvalue weighted by molar-refractivity contribution is 5.98. The summed E-state index contributed by atoms with van der Waals surface area (Å²) < 4.78 is 0. The number of phenolic OH excluding ortho intramolecular Hbond substituents is 1. The number of aromatic hydroxyl groups is 1. The van der Waals surface area contributed by atoms with Crippen LogP contribution in [0.4, 0.5) is 0 Å². The normalized spacial score (nSPS) is 14.6. The van der Waals surface area contributed by atoms with E-state index in [4.69, 9.17) is 22.9 Å².